The molecule has 2 aliphatic heterocycles. The van der Waals surface area contributed by atoms with E-state index in [0.29, 0.717) is 23.9 Å². The molecule has 2 amide bonds. The molecule has 7 nitrogen and oxygen atoms in total. The summed E-state index contributed by atoms with van der Waals surface area (Å²) >= 11 is 0. The number of carbonyl (C=O) groups excluding carboxylic acids is 1. The van der Waals surface area contributed by atoms with Gasteiger partial charge in [0.2, 0.25) is 11.8 Å². The Bertz CT molecular complexity index is 757. The average molecular weight is 341 g/mol. The van der Waals surface area contributed by atoms with Gasteiger partial charge in [0, 0.05) is 43.3 Å². The van der Waals surface area contributed by atoms with E-state index in [2.05, 4.69) is 27.5 Å². The molecule has 2 atom stereocenters. The molecule has 0 aliphatic carbocycles. The Morgan fingerprint density at radius 2 is 1.92 bits per heavy atom. The summed E-state index contributed by atoms with van der Waals surface area (Å²) in [5.41, 5.74) is 1.61. The number of hydrogen-bond donors (Lipinski definition) is 1. The fraction of sp³-hybridized carbons (Fsp3) is 0.500. The van der Waals surface area contributed by atoms with E-state index in [9.17, 15) is 4.79 Å². The molecule has 1 N–H and O–H groups in total. The van der Waals surface area contributed by atoms with E-state index in [1.807, 2.05) is 29.2 Å². The minimum Gasteiger partial charge on any atom is -0.421 e. The van der Waals surface area contributed by atoms with Crippen molar-refractivity contribution in [2.45, 2.75) is 38.3 Å². The second-order valence-electron chi connectivity index (χ2n) is 6.92. The van der Waals surface area contributed by atoms with Gasteiger partial charge >= 0.3 is 6.03 Å². The lowest BCUT2D eigenvalue weighted by Crippen LogP contribution is -2.41. The van der Waals surface area contributed by atoms with E-state index in [-0.39, 0.29) is 6.03 Å². The van der Waals surface area contributed by atoms with Crippen molar-refractivity contribution in [2.75, 3.05) is 25.5 Å². The van der Waals surface area contributed by atoms with Gasteiger partial charge in [-0.2, -0.15) is 0 Å². The minimum absolute atomic E-state index is 0.0256. The molecule has 2 aliphatic rings. The van der Waals surface area contributed by atoms with Gasteiger partial charge in [0.05, 0.1) is 0 Å². The smallest absolute Gasteiger partial charge is 0.321 e. The summed E-state index contributed by atoms with van der Waals surface area (Å²) < 4.78 is 5.42. The molecule has 0 radical (unpaired) electrons. The summed E-state index contributed by atoms with van der Waals surface area (Å²) in [5, 5.41) is 10.8. The first-order chi connectivity index (χ1) is 12.1. The van der Waals surface area contributed by atoms with E-state index in [1.165, 1.54) is 12.8 Å². The molecule has 3 heterocycles. The third kappa shape index (κ3) is 3.24. The fourth-order valence-electron chi connectivity index (χ4n) is 3.81. The molecular weight excluding hydrogens is 318 g/mol. The zero-order valence-corrected chi connectivity index (χ0v) is 14.6. The zero-order chi connectivity index (χ0) is 17.4. The minimum atomic E-state index is -0.0256. The summed E-state index contributed by atoms with van der Waals surface area (Å²) in [7, 11) is 2.18. The number of rotatable bonds is 2. The molecule has 7 heteroatoms. The first-order valence-corrected chi connectivity index (χ1v) is 8.78. The van der Waals surface area contributed by atoms with Crippen LogP contribution in [0, 0.1) is 6.92 Å². The molecule has 2 saturated heterocycles. The van der Waals surface area contributed by atoms with E-state index in [4.69, 9.17) is 4.42 Å². The maximum atomic E-state index is 12.6. The van der Waals surface area contributed by atoms with Crippen LogP contribution >= 0.6 is 0 Å². The lowest BCUT2D eigenvalue weighted by atomic mass is 10.1. The molecule has 132 valence electrons. The van der Waals surface area contributed by atoms with E-state index in [1.54, 1.807) is 6.92 Å². The number of likely N-dealkylation sites (tertiary alicyclic amines) is 1. The molecule has 0 unspecified atom stereocenters. The van der Waals surface area contributed by atoms with Crippen molar-refractivity contribution in [1.82, 2.24) is 20.0 Å². The second kappa shape index (κ2) is 6.48. The van der Waals surface area contributed by atoms with Crippen LogP contribution in [0.5, 0.6) is 0 Å². The molecule has 1 aromatic heterocycles. The number of fused-ring (bicyclic) bond motifs is 2. The predicted molar refractivity (Wildman–Crippen MR) is 94.3 cm³/mol. The van der Waals surface area contributed by atoms with E-state index >= 15 is 0 Å². The molecule has 25 heavy (non-hydrogen) atoms. The third-order valence-corrected chi connectivity index (χ3v) is 5.34. The van der Waals surface area contributed by atoms with Crippen molar-refractivity contribution in [3.05, 3.63) is 30.2 Å². The van der Waals surface area contributed by atoms with Gasteiger partial charge in [0.1, 0.15) is 0 Å². The highest BCUT2D eigenvalue weighted by Crippen LogP contribution is 2.28. The lowest BCUT2D eigenvalue weighted by molar-refractivity contribution is 0.200. The van der Waals surface area contributed by atoms with Gasteiger partial charge in [0.15, 0.2) is 0 Å². The first-order valence-electron chi connectivity index (χ1n) is 8.78. The SMILES string of the molecule is Cc1nnc(-c2ccc(NC(=O)N3CC[C@@H]4CC[C@H](C3)N4C)cc2)o1. The molecule has 2 fully saturated rings. The fourth-order valence-corrected chi connectivity index (χ4v) is 3.81. The zero-order valence-electron chi connectivity index (χ0n) is 14.6. The Morgan fingerprint density at radius 1 is 1.16 bits per heavy atom. The number of hydrogen-bond acceptors (Lipinski definition) is 5. The maximum Gasteiger partial charge on any atom is 0.321 e. The number of carbonyl (C=O) groups is 1. The standard InChI is InChI=1S/C18H23N5O2/c1-12-20-21-17(25-12)13-3-5-14(6-4-13)19-18(24)23-10-9-15-7-8-16(11-23)22(15)2/h3-6,15-16H,7-11H2,1-2H3,(H,19,24)/t15-,16+/m0/s1. The third-order valence-electron chi connectivity index (χ3n) is 5.34. The largest absolute Gasteiger partial charge is 0.421 e. The Balaban J connectivity index is 1.41. The van der Waals surface area contributed by atoms with Crippen molar-refractivity contribution >= 4 is 11.7 Å². The van der Waals surface area contributed by atoms with E-state index < -0.39 is 0 Å². The number of nitrogens with zero attached hydrogens (tertiary/aromatic N) is 4. The lowest BCUT2D eigenvalue weighted by Gasteiger charge is -2.26. The van der Waals surface area contributed by atoms with Gasteiger partial charge in [-0.15, -0.1) is 10.2 Å². The summed E-state index contributed by atoms with van der Waals surface area (Å²) in [6, 6.07) is 8.57. The molecule has 2 aromatic rings. The number of benzene rings is 1. The number of aryl methyl sites for hydroxylation is 1. The predicted octanol–water partition coefficient (Wildman–Crippen LogP) is 2.75. The van der Waals surface area contributed by atoms with Gasteiger partial charge in [-0.25, -0.2) is 4.79 Å². The van der Waals surface area contributed by atoms with Crippen molar-refractivity contribution in [1.29, 1.82) is 0 Å². The van der Waals surface area contributed by atoms with Gasteiger partial charge < -0.3 is 14.6 Å². The van der Waals surface area contributed by atoms with Crippen LogP contribution in [-0.4, -0.2) is 58.2 Å². The Labute approximate surface area is 147 Å². The van der Waals surface area contributed by atoms with Crippen LogP contribution in [-0.2, 0) is 0 Å². The van der Waals surface area contributed by atoms with Crippen LogP contribution in [0.3, 0.4) is 0 Å². The van der Waals surface area contributed by atoms with Crippen molar-refractivity contribution in [2.24, 2.45) is 0 Å². The van der Waals surface area contributed by atoms with Gasteiger partial charge in [0.25, 0.3) is 0 Å². The first kappa shape index (κ1) is 16.1. The van der Waals surface area contributed by atoms with Gasteiger partial charge in [-0.1, -0.05) is 0 Å². The Kier molecular flexibility index (Phi) is 4.17. The van der Waals surface area contributed by atoms with Gasteiger partial charge in [-0.05, 0) is 50.6 Å². The van der Waals surface area contributed by atoms with Crippen molar-refractivity contribution < 1.29 is 9.21 Å². The van der Waals surface area contributed by atoms with Crippen LogP contribution in [0.2, 0.25) is 0 Å². The summed E-state index contributed by atoms with van der Waals surface area (Å²) in [6.07, 6.45) is 3.49. The summed E-state index contributed by atoms with van der Waals surface area (Å²) in [5.74, 6) is 1.02. The highest BCUT2D eigenvalue weighted by molar-refractivity contribution is 5.89. The van der Waals surface area contributed by atoms with Crippen molar-refractivity contribution in [3.63, 3.8) is 0 Å². The van der Waals surface area contributed by atoms with E-state index in [0.717, 1.165) is 30.8 Å². The maximum absolute atomic E-state index is 12.6. The van der Waals surface area contributed by atoms with Crippen LogP contribution in [0.4, 0.5) is 10.5 Å². The number of amides is 2. The molecule has 4 rings (SSSR count). The summed E-state index contributed by atoms with van der Waals surface area (Å²) in [6.45, 7) is 3.38. The van der Waals surface area contributed by atoms with Crippen LogP contribution < -0.4 is 5.32 Å². The topological polar surface area (TPSA) is 74.5 Å². The number of anilines is 1. The van der Waals surface area contributed by atoms with Crippen molar-refractivity contribution in [3.8, 4) is 11.5 Å². The normalized spacial score (nSPS) is 23.5. The Morgan fingerprint density at radius 3 is 2.64 bits per heavy atom. The average Bonchev–Trinajstić information content (AvgIpc) is 3.11. The molecular formula is C18H23N5O2. The molecule has 2 bridgehead atoms. The van der Waals surface area contributed by atoms with Crippen LogP contribution in [0.15, 0.2) is 28.7 Å². The Hall–Kier alpha value is -2.41. The number of likely N-dealkylation sites (N-methyl/N-ethyl adjacent to an activating group) is 1. The monoisotopic (exact) mass is 341 g/mol. The quantitative estimate of drug-likeness (QED) is 0.909. The van der Waals surface area contributed by atoms with Crippen LogP contribution in [0.1, 0.15) is 25.2 Å². The molecule has 0 spiro atoms. The molecule has 0 saturated carbocycles. The number of urea groups is 1. The number of aromatic nitrogens is 2. The summed E-state index contributed by atoms with van der Waals surface area (Å²) in [4.78, 5) is 17.0. The van der Waals surface area contributed by atoms with Crippen LogP contribution in [0.25, 0.3) is 11.5 Å². The highest BCUT2D eigenvalue weighted by Gasteiger charge is 2.35. The molecule has 1 aromatic carbocycles. The number of nitrogens with one attached hydrogen (secondary N) is 1. The second-order valence-corrected chi connectivity index (χ2v) is 6.92. The highest BCUT2D eigenvalue weighted by atomic mass is 16.4. The van der Waals surface area contributed by atoms with Gasteiger partial charge in [-0.3, -0.25) is 4.90 Å².